The SMILES string of the molecule is C[C@H](NC(=O)[C@H]1CC(F)(F)CCN1C(=O)OCc1ccccc1)c1ccccc1. The summed E-state index contributed by atoms with van der Waals surface area (Å²) in [5.41, 5.74) is 1.63. The van der Waals surface area contributed by atoms with Gasteiger partial charge in [-0.05, 0) is 18.1 Å². The number of hydrogen-bond acceptors (Lipinski definition) is 3. The second-order valence-corrected chi connectivity index (χ2v) is 7.20. The van der Waals surface area contributed by atoms with E-state index in [-0.39, 0.29) is 19.2 Å². The van der Waals surface area contributed by atoms with E-state index in [1.165, 1.54) is 0 Å². The van der Waals surface area contributed by atoms with Gasteiger partial charge in [0.05, 0.1) is 6.04 Å². The average Bonchev–Trinajstić information content (AvgIpc) is 2.72. The lowest BCUT2D eigenvalue weighted by molar-refractivity contribution is -0.136. The molecule has 1 fully saturated rings. The fourth-order valence-corrected chi connectivity index (χ4v) is 3.32. The largest absolute Gasteiger partial charge is 0.445 e. The van der Waals surface area contributed by atoms with Crippen LogP contribution in [0.25, 0.3) is 0 Å². The molecule has 1 saturated heterocycles. The van der Waals surface area contributed by atoms with Gasteiger partial charge in [0, 0.05) is 19.4 Å². The molecule has 0 radical (unpaired) electrons. The number of amides is 2. The number of nitrogens with zero attached hydrogens (tertiary/aromatic N) is 1. The first-order valence-corrected chi connectivity index (χ1v) is 9.56. The van der Waals surface area contributed by atoms with Crippen LogP contribution in [0.15, 0.2) is 60.7 Å². The van der Waals surface area contributed by atoms with Crippen molar-refractivity contribution in [1.82, 2.24) is 10.2 Å². The average molecular weight is 402 g/mol. The lowest BCUT2D eigenvalue weighted by atomic mass is 9.97. The molecule has 154 valence electrons. The molecule has 5 nitrogen and oxygen atoms in total. The fraction of sp³-hybridized carbons (Fsp3) is 0.364. The van der Waals surface area contributed by atoms with E-state index < -0.39 is 36.8 Å². The van der Waals surface area contributed by atoms with Gasteiger partial charge in [0.2, 0.25) is 5.91 Å². The predicted octanol–water partition coefficient (Wildman–Crippen LogP) is 4.30. The summed E-state index contributed by atoms with van der Waals surface area (Å²) in [5.74, 6) is -3.62. The van der Waals surface area contributed by atoms with Crippen molar-refractivity contribution in [1.29, 1.82) is 0 Å². The van der Waals surface area contributed by atoms with Crippen molar-refractivity contribution in [3.63, 3.8) is 0 Å². The van der Waals surface area contributed by atoms with Crippen molar-refractivity contribution in [2.75, 3.05) is 6.54 Å². The van der Waals surface area contributed by atoms with Gasteiger partial charge < -0.3 is 10.1 Å². The van der Waals surface area contributed by atoms with Crippen molar-refractivity contribution in [2.45, 2.75) is 44.4 Å². The van der Waals surface area contributed by atoms with Crippen LogP contribution in [0.2, 0.25) is 0 Å². The Morgan fingerprint density at radius 1 is 1.14 bits per heavy atom. The van der Waals surface area contributed by atoms with E-state index in [0.717, 1.165) is 16.0 Å². The molecule has 1 aliphatic heterocycles. The normalized spacial score (nSPS) is 19.3. The summed E-state index contributed by atoms with van der Waals surface area (Å²) in [6, 6.07) is 16.6. The number of hydrogen-bond donors (Lipinski definition) is 1. The molecule has 1 heterocycles. The fourth-order valence-electron chi connectivity index (χ4n) is 3.32. The standard InChI is InChI=1S/C22H24F2N2O3/c1-16(18-10-6-3-7-11-18)25-20(27)19-14-22(23,24)12-13-26(19)21(28)29-15-17-8-4-2-5-9-17/h2-11,16,19H,12-15H2,1H3,(H,25,27)/t16-,19+/m0/s1. The first-order chi connectivity index (χ1) is 13.9. The summed E-state index contributed by atoms with van der Waals surface area (Å²) in [4.78, 5) is 26.4. The molecule has 1 aliphatic rings. The highest BCUT2D eigenvalue weighted by Crippen LogP contribution is 2.32. The van der Waals surface area contributed by atoms with Crippen LogP contribution >= 0.6 is 0 Å². The molecule has 0 spiro atoms. The highest BCUT2D eigenvalue weighted by Gasteiger charge is 2.46. The van der Waals surface area contributed by atoms with Crippen LogP contribution in [0.3, 0.4) is 0 Å². The third kappa shape index (κ3) is 5.53. The molecule has 3 rings (SSSR count). The minimum atomic E-state index is -3.01. The van der Waals surface area contributed by atoms with E-state index in [2.05, 4.69) is 5.32 Å². The maximum atomic E-state index is 14.0. The van der Waals surface area contributed by atoms with Crippen molar-refractivity contribution in [3.05, 3.63) is 71.8 Å². The van der Waals surface area contributed by atoms with Crippen molar-refractivity contribution >= 4 is 12.0 Å². The van der Waals surface area contributed by atoms with E-state index in [1.54, 1.807) is 19.1 Å². The summed E-state index contributed by atoms with van der Waals surface area (Å²) in [5, 5.41) is 2.74. The minimum Gasteiger partial charge on any atom is -0.445 e. The molecule has 7 heteroatoms. The van der Waals surface area contributed by atoms with Crippen LogP contribution in [0.1, 0.15) is 36.9 Å². The highest BCUT2D eigenvalue weighted by atomic mass is 19.3. The Kier molecular flexibility index (Phi) is 6.46. The van der Waals surface area contributed by atoms with Crippen LogP contribution in [0, 0.1) is 0 Å². The summed E-state index contributed by atoms with van der Waals surface area (Å²) < 4.78 is 33.3. The molecule has 2 atom stereocenters. The minimum absolute atomic E-state index is 0.0152. The third-order valence-corrected chi connectivity index (χ3v) is 4.99. The van der Waals surface area contributed by atoms with E-state index in [1.807, 2.05) is 48.5 Å². The summed E-state index contributed by atoms with van der Waals surface area (Å²) in [7, 11) is 0. The number of benzene rings is 2. The van der Waals surface area contributed by atoms with Crippen LogP contribution in [0.5, 0.6) is 0 Å². The molecule has 0 unspecified atom stereocenters. The maximum Gasteiger partial charge on any atom is 0.410 e. The molecule has 2 aromatic rings. The van der Waals surface area contributed by atoms with Gasteiger partial charge in [-0.25, -0.2) is 13.6 Å². The Balaban J connectivity index is 1.68. The number of likely N-dealkylation sites (tertiary alicyclic amines) is 1. The van der Waals surface area contributed by atoms with Gasteiger partial charge in [-0.3, -0.25) is 9.69 Å². The number of nitrogens with one attached hydrogen (secondary N) is 1. The number of piperidine rings is 1. The van der Waals surface area contributed by atoms with Gasteiger partial charge in [-0.15, -0.1) is 0 Å². The van der Waals surface area contributed by atoms with Crippen LogP contribution in [-0.2, 0) is 16.1 Å². The summed E-state index contributed by atoms with van der Waals surface area (Å²) in [6.07, 6.45) is -1.98. The third-order valence-electron chi connectivity index (χ3n) is 4.99. The molecule has 0 aliphatic carbocycles. The van der Waals surface area contributed by atoms with Gasteiger partial charge in [-0.1, -0.05) is 60.7 Å². The number of ether oxygens (including phenoxy) is 1. The molecular weight excluding hydrogens is 378 g/mol. The monoisotopic (exact) mass is 402 g/mol. The number of carbonyl (C=O) groups excluding carboxylic acids is 2. The first-order valence-electron chi connectivity index (χ1n) is 9.56. The molecule has 29 heavy (non-hydrogen) atoms. The smallest absolute Gasteiger partial charge is 0.410 e. The first kappa shape index (κ1) is 20.8. The Labute approximate surface area is 168 Å². The maximum absolute atomic E-state index is 14.0. The Morgan fingerprint density at radius 2 is 1.76 bits per heavy atom. The van der Waals surface area contributed by atoms with Crippen LogP contribution in [0.4, 0.5) is 13.6 Å². The lowest BCUT2D eigenvalue weighted by Gasteiger charge is -2.38. The summed E-state index contributed by atoms with van der Waals surface area (Å²) >= 11 is 0. The van der Waals surface area contributed by atoms with E-state index in [4.69, 9.17) is 4.74 Å². The summed E-state index contributed by atoms with van der Waals surface area (Å²) in [6.45, 7) is 1.55. The number of rotatable bonds is 5. The number of halogens is 2. The van der Waals surface area contributed by atoms with Gasteiger partial charge in [0.1, 0.15) is 12.6 Å². The molecule has 1 N–H and O–H groups in total. The quantitative estimate of drug-likeness (QED) is 0.811. The molecular formula is C22H24F2N2O3. The van der Waals surface area contributed by atoms with Crippen molar-refractivity contribution in [3.8, 4) is 0 Å². The number of alkyl halides is 2. The molecule has 0 aromatic heterocycles. The van der Waals surface area contributed by atoms with E-state index in [9.17, 15) is 18.4 Å². The molecule has 0 bridgehead atoms. The highest BCUT2D eigenvalue weighted by molar-refractivity contribution is 5.86. The Morgan fingerprint density at radius 3 is 2.41 bits per heavy atom. The van der Waals surface area contributed by atoms with Crippen molar-refractivity contribution in [2.24, 2.45) is 0 Å². The zero-order valence-electron chi connectivity index (χ0n) is 16.2. The Bertz CT molecular complexity index is 830. The van der Waals surface area contributed by atoms with Gasteiger partial charge in [0.15, 0.2) is 0 Å². The zero-order valence-corrected chi connectivity index (χ0v) is 16.2. The second-order valence-electron chi connectivity index (χ2n) is 7.20. The zero-order chi connectivity index (χ0) is 20.9. The van der Waals surface area contributed by atoms with Crippen molar-refractivity contribution < 1.29 is 23.1 Å². The second kappa shape index (κ2) is 9.03. The molecule has 2 aromatic carbocycles. The number of carbonyl (C=O) groups is 2. The van der Waals surface area contributed by atoms with Gasteiger partial charge in [0.25, 0.3) is 5.92 Å². The van der Waals surface area contributed by atoms with E-state index >= 15 is 0 Å². The van der Waals surface area contributed by atoms with E-state index in [0.29, 0.717) is 0 Å². The van der Waals surface area contributed by atoms with Crippen LogP contribution < -0.4 is 5.32 Å². The van der Waals surface area contributed by atoms with Gasteiger partial charge >= 0.3 is 6.09 Å². The molecule has 0 saturated carbocycles. The van der Waals surface area contributed by atoms with Gasteiger partial charge in [-0.2, -0.15) is 0 Å². The van der Waals surface area contributed by atoms with Crippen LogP contribution in [-0.4, -0.2) is 35.4 Å². The lowest BCUT2D eigenvalue weighted by Crippen LogP contribution is -2.56. The topological polar surface area (TPSA) is 58.6 Å². The molecule has 2 amide bonds. The Hall–Kier alpha value is -2.96. The predicted molar refractivity (Wildman–Crippen MR) is 104 cm³/mol.